The number of H-pyrrole nitrogens is 1. The third-order valence-corrected chi connectivity index (χ3v) is 4.02. The minimum atomic E-state index is -0.504. The maximum atomic E-state index is 13.1. The van der Waals surface area contributed by atoms with Crippen molar-refractivity contribution >= 4 is 10.9 Å². The summed E-state index contributed by atoms with van der Waals surface area (Å²) in [5.41, 5.74) is 1.87. The highest BCUT2D eigenvalue weighted by molar-refractivity contribution is 5.78. The molecule has 0 aliphatic rings. The molecule has 1 N–H and O–H groups in total. The summed E-state index contributed by atoms with van der Waals surface area (Å²) in [6.07, 6.45) is 4.93. The fourth-order valence-corrected chi connectivity index (χ4v) is 2.88. The van der Waals surface area contributed by atoms with Gasteiger partial charge in [-0.2, -0.15) is 5.10 Å². The van der Waals surface area contributed by atoms with E-state index in [1.807, 2.05) is 31.2 Å². The molecular weight excluding hydrogens is 318 g/mol. The van der Waals surface area contributed by atoms with Crippen molar-refractivity contribution < 1.29 is 0 Å². The molecule has 4 rings (SSSR count). The summed E-state index contributed by atoms with van der Waals surface area (Å²) in [5.74, 6) is 0. The molecule has 124 valence electrons. The Morgan fingerprint density at radius 3 is 2.64 bits per heavy atom. The molecule has 3 aromatic heterocycles. The number of hydrogen-bond acceptors (Lipinski definition) is 4. The van der Waals surface area contributed by atoms with Crippen LogP contribution in [0.1, 0.15) is 11.3 Å². The van der Waals surface area contributed by atoms with Crippen LogP contribution in [-0.4, -0.2) is 24.3 Å². The van der Waals surface area contributed by atoms with Crippen molar-refractivity contribution in [3.8, 4) is 11.4 Å². The van der Waals surface area contributed by atoms with Gasteiger partial charge in [-0.25, -0.2) is 14.0 Å². The molecule has 25 heavy (non-hydrogen) atoms. The third kappa shape index (κ3) is 2.46. The average molecular weight is 333 g/mol. The van der Waals surface area contributed by atoms with Gasteiger partial charge in [0.2, 0.25) is 0 Å². The standard InChI is InChI=1S/C18H15N5O2/c1-11-7-14(9-19-8-11)23-17(24)16(12(2)20-18(23)25)22-10-13-5-3-4-6-15(13)21-22/h3-10H,1-2H3,(H,20,25). The van der Waals surface area contributed by atoms with E-state index in [0.717, 1.165) is 21.0 Å². The van der Waals surface area contributed by atoms with Crippen LogP contribution in [0.3, 0.4) is 0 Å². The van der Waals surface area contributed by atoms with Crippen LogP contribution in [0.4, 0.5) is 0 Å². The van der Waals surface area contributed by atoms with Gasteiger partial charge in [0, 0.05) is 23.5 Å². The fraction of sp³-hybridized carbons (Fsp3) is 0.111. The molecular formula is C18H15N5O2. The first-order valence-electron chi connectivity index (χ1n) is 7.77. The van der Waals surface area contributed by atoms with Crippen molar-refractivity contribution in [1.82, 2.24) is 24.3 Å². The van der Waals surface area contributed by atoms with Crippen molar-refractivity contribution in [1.29, 1.82) is 0 Å². The number of hydrogen-bond donors (Lipinski definition) is 1. The van der Waals surface area contributed by atoms with E-state index in [-0.39, 0.29) is 0 Å². The highest BCUT2D eigenvalue weighted by Crippen LogP contribution is 2.15. The van der Waals surface area contributed by atoms with Gasteiger partial charge in [0.05, 0.1) is 17.4 Å². The molecule has 0 radical (unpaired) electrons. The van der Waals surface area contributed by atoms with E-state index in [1.54, 1.807) is 25.4 Å². The molecule has 0 saturated heterocycles. The Hall–Kier alpha value is -3.48. The van der Waals surface area contributed by atoms with E-state index in [9.17, 15) is 9.59 Å². The van der Waals surface area contributed by atoms with E-state index in [2.05, 4.69) is 15.1 Å². The molecule has 0 atom stereocenters. The largest absolute Gasteiger partial charge is 0.333 e. The lowest BCUT2D eigenvalue weighted by Crippen LogP contribution is -2.37. The van der Waals surface area contributed by atoms with Gasteiger partial charge in [0.15, 0.2) is 0 Å². The number of rotatable bonds is 2. The van der Waals surface area contributed by atoms with Crippen molar-refractivity contribution in [2.75, 3.05) is 0 Å². The molecule has 7 heteroatoms. The van der Waals surface area contributed by atoms with Gasteiger partial charge in [-0.15, -0.1) is 0 Å². The van der Waals surface area contributed by atoms with Crippen LogP contribution in [0.2, 0.25) is 0 Å². The number of benzene rings is 1. The predicted octanol–water partition coefficient (Wildman–Crippen LogP) is 1.88. The minimum absolute atomic E-state index is 0.303. The second kappa shape index (κ2) is 5.55. The van der Waals surface area contributed by atoms with E-state index in [4.69, 9.17) is 0 Å². The number of aromatic amines is 1. The predicted molar refractivity (Wildman–Crippen MR) is 94.6 cm³/mol. The van der Waals surface area contributed by atoms with Gasteiger partial charge < -0.3 is 4.98 Å². The molecule has 1 aromatic carbocycles. The number of aromatic nitrogens is 5. The summed E-state index contributed by atoms with van der Waals surface area (Å²) in [4.78, 5) is 32.2. The quantitative estimate of drug-likeness (QED) is 0.607. The number of pyridine rings is 1. The molecule has 0 saturated carbocycles. The van der Waals surface area contributed by atoms with Crippen molar-refractivity contribution in [3.05, 3.63) is 81.0 Å². The van der Waals surface area contributed by atoms with Gasteiger partial charge in [0.1, 0.15) is 5.69 Å². The van der Waals surface area contributed by atoms with Gasteiger partial charge in [-0.05, 0) is 31.5 Å². The Bertz CT molecular complexity index is 1180. The van der Waals surface area contributed by atoms with Crippen molar-refractivity contribution in [2.45, 2.75) is 13.8 Å². The normalized spacial score (nSPS) is 11.1. The molecule has 0 unspecified atom stereocenters. The van der Waals surface area contributed by atoms with Crippen LogP contribution in [0.5, 0.6) is 0 Å². The van der Waals surface area contributed by atoms with E-state index in [1.165, 1.54) is 10.9 Å². The lowest BCUT2D eigenvalue weighted by molar-refractivity contribution is 0.785. The van der Waals surface area contributed by atoms with E-state index < -0.39 is 11.2 Å². The number of nitrogens with one attached hydrogen (secondary N) is 1. The second-order valence-electron chi connectivity index (χ2n) is 5.90. The van der Waals surface area contributed by atoms with Gasteiger partial charge in [-0.3, -0.25) is 9.78 Å². The molecule has 0 aliphatic carbocycles. The van der Waals surface area contributed by atoms with Crippen LogP contribution in [0.15, 0.2) is 58.5 Å². The monoisotopic (exact) mass is 333 g/mol. The molecule has 7 nitrogen and oxygen atoms in total. The molecule has 0 bridgehead atoms. The van der Waals surface area contributed by atoms with Gasteiger partial charge >= 0.3 is 5.69 Å². The molecule has 0 fully saturated rings. The molecule has 0 amide bonds. The van der Waals surface area contributed by atoms with E-state index >= 15 is 0 Å². The molecule has 0 aliphatic heterocycles. The lowest BCUT2D eigenvalue weighted by atomic mass is 10.2. The van der Waals surface area contributed by atoms with Crippen molar-refractivity contribution in [2.24, 2.45) is 0 Å². The van der Waals surface area contributed by atoms with Crippen LogP contribution in [0.25, 0.3) is 22.3 Å². The zero-order valence-corrected chi connectivity index (χ0v) is 13.7. The first kappa shape index (κ1) is 15.1. The lowest BCUT2D eigenvalue weighted by Gasteiger charge is -2.10. The Morgan fingerprint density at radius 1 is 1.08 bits per heavy atom. The third-order valence-electron chi connectivity index (χ3n) is 4.02. The topological polar surface area (TPSA) is 85.6 Å². The molecule has 0 spiro atoms. The number of aryl methyl sites for hydroxylation is 2. The van der Waals surface area contributed by atoms with Crippen LogP contribution in [0, 0.1) is 13.8 Å². The second-order valence-corrected chi connectivity index (χ2v) is 5.90. The van der Waals surface area contributed by atoms with Crippen LogP contribution in [-0.2, 0) is 0 Å². The number of fused-ring (bicyclic) bond motifs is 1. The summed E-state index contributed by atoms with van der Waals surface area (Å²) in [6, 6.07) is 9.32. The SMILES string of the molecule is Cc1cncc(-n2c(=O)[nH]c(C)c(-n3cc4ccccc4n3)c2=O)c1. The first-order valence-corrected chi connectivity index (χ1v) is 7.77. The number of nitrogens with zero attached hydrogens (tertiary/aromatic N) is 4. The van der Waals surface area contributed by atoms with Crippen LogP contribution >= 0.6 is 0 Å². The molecule has 3 heterocycles. The van der Waals surface area contributed by atoms with Crippen LogP contribution < -0.4 is 11.2 Å². The Labute approximate surface area is 142 Å². The summed E-state index contributed by atoms with van der Waals surface area (Å²) < 4.78 is 2.59. The Balaban J connectivity index is 2.02. The van der Waals surface area contributed by atoms with E-state index in [0.29, 0.717) is 17.1 Å². The van der Waals surface area contributed by atoms with Crippen molar-refractivity contribution in [3.63, 3.8) is 0 Å². The highest BCUT2D eigenvalue weighted by Gasteiger charge is 2.16. The Morgan fingerprint density at radius 2 is 1.88 bits per heavy atom. The van der Waals surface area contributed by atoms with Gasteiger partial charge in [0.25, 0.3) is 5.56 Å². The minimum Gasteiger partial charge on any atom is -0.309 e. The summed E-state index contributed by atoms with van der Waals surface area (Å²) in [5, 5.41) is 5.37. The first-order chi connectivity index (χ1) is 12.0. The highest BCUT2D eigenvalue weighted by atomic mass is 16.2. The average Bonchev–Trinajstić information content (AvgIpc) is 2.97. The maximum absolute atomic E-state index is 13.1. The zero-order chi connectivity index (χ0) is 17.6. The smallest absolute Gasteiger partial charge is 0.309 e. The zero-order valence-electron chi connectivity index (χ0n) is 13.7. The fourth-order valence-electron chi connectivity index (χ4n) is 2.88. The molecule has 4 aromatic rings. The summed E-state index contributed by atoms with van der Waals surface area (Å²) in [6.45, 7) is 3.54. The van der Waals surface area contributed by atoms with Gasteiger partial charge in [-0.1, -0.05) is 18.2 Å². The maximum Gasteiger partial charge on any atom is 0.333 e. The summed E-state index contributed by atoms with van der Waals surface area (Å²) in [7, 11) is 0. The Kier molecular flexibility index (Phi) is 3.35. The summed E-state index contributed by atoms with van der Waals surface area (Å²) >= 11 is 0.